The van der Waals surface area contributed by atoms with Gasteiger partial charge in [0.1, 0.15) is 12.1 Å². The molecule has 0 aliphatic rings. The topological polar surface area (TPSA) is 61.2 Å². The zero-order chi connectivity index (χ0) is 17.7. The van der Waals surface area contributed by atoms with Crippen molar-refractivity contribution in [3.8, 4) is 0 Å². The van der Waals surface area contributed by atoms with Gasteiger partial charge in [-0.1, -0.05) is 30.3 Å². The predicted octanol–water partition coefficient (Wildman–Crippen LogP) is 3.09. The second kappa shape index (κ2) is 7.29. The quantitative estimate of drug-likeness (QED) is 0.461. The van der Waals surface area contributed by atoms with E-state index in [1.807, 2.05) is 0 Å². The lowest BCUT2D eigenvalue weighted by Gasteiger charge is -2.04. The van der Waals surface area contributed by atoms with E-state index in [0.29, 0.717) is 0 Å². The van der Waals surface area contributed by atoms with Crippen LogP contribution < -0.4 is 0 Å². The predicted molar refractivity (Wildman–Crippen MR) is 78.4 cm³/mol. The SMILES string of the molecule is CCOC(=O)CC(=O)c1nn(C(F)(F)F)cc1Cc1ccccc1. The van der Waals surface area contributed by atoms with Crippen molar-refractivity contribution in [2.24, 2.45) is 0 Å². The van der Waals surface area contributed by atoms with Crippen LogP contribution >= 0.6 is 0 Å². The Bertz CT molecular complexity index is 724. The number of halogens is 3. The van der Waals surface area contributed by atoms with Gasteiger partial charge < -0.3 is 4.74 Å². The van der Waals surface area contributed by atoms with Crippen LogP contribution in [0.15, 0.2) is 36.5 Å². The molecular formula is C16H15F3N2O3. The van der Waals surface area contributed by atoms with Crippen LogP contribution in [0.25, 0.3) is 0 Å². The maximum atomic E-state index is 12.9. The van der Waals surface area contributed by atoms with E-state index in [2.05, 4.69) is 9.84 Å². The van der Waals surface area contributed by atoms with E-state index in [9.17, 15) is 22.8 Å². The van der Waals surface area contributed by atoms with Gasteiger partial charge in [-0.2, -0.15) is 9.78 Å². The molecule has 0 saturated carbocycles. The molecule has 128 valence electrons. The maximum absolute atomic E-state index is 12.9. The van der Waals surface area contributed by atoms with Crippen molar-refractivity contribution in [1.82, 2.24) is 9.78 Å². The normalized spacial score (nSPS) is 11.3. The van der Waals surface area contributed by atoms with Crippen LogP contribution in [-0.2, 0) is 22.3 Å². The fourth-order valence-corrected chi connectivity index (χ4v) is 2.15. The highest BCUT2D eigenvalue weighted by Crippen LogP contribution is 2.24. The van der Waals surface area contributed by atoms with E-state index >= 15 is 0 Å². The number of alkyl halides is 3. The van der Waals surface area contributed by atoms with Gasteiger partial charge in [0.15, 0.2) is 5.78 Å². The Labute approximate surface area is 136 Å². The Kier molecular flexibility index (Phi) is 5.38. The molecule has 2 rings (SSSR count). The van der Waals surface area contributed by atoms with Crippen molar-refractivity contribution in [2.75, 3.05) is 6.61 Å². The van der Waals surface area contributed by atoms with Crippen LogP contribution in [0.3, 0.4) is 0 Å². The average Bonchev–Trinajstić information content (AvgIpc) is 2.92. The second-order valence-corrected chi connectivity index (χ2v) is 4.98. The molecule has 0 unspecified atom stereocenters. The lowest BCUT2D eigenvalue weighted by Crippen LogP contribution is -2.18. The van der Waals surface area contributed by atoms with Crippen molar-refractivity contribution in [3.05, 3.63) is 53.3 Å². The summed E-state index contributed by atoms with van der Waals surface area (Å²) in [6.45, 7) is 1.65. The smallest absolute Gasteiger partial charge is 0.466 e. The number of nitrogens with zero attached hydrogens (tertiary/aromatic N) is 2. The van der Waals surface area contributed by atoms with Crippen molar-refractivity contribution in [3.63, 3.8) is 0 Å². The highest BCUT2D eigenvalue weighted by atomic mass is 19.4. The lowest BCUT2D eigenvalue weighted by molar-refractivity contribution is -0.212. The Morgan fingerprint density at radius 1 is 1.21 bits per heavy atom. The second-order valence-electron chi connectivity index (χ2n) is 4.98. The van der Waals surface area contributed by atoms with E-state index in [4.69, 9.17) is 0 Å². The Balaban J connectivity index is 2.32. The van der Waals surface area contributed by atoms with Gasteiger partial charge >= 0.3 is 12.3 Å². The van der Waals surface area contributed by atoms with Gasteiger partial charge in [-0.3, -0.25) is 9.59 Å². The van der Waals surface area contributed by atoms with Crippen LogP contribution in [0, 0.1) is 0 Å². The summed E-state index contributed by atoms with van der Waals surface area (Å²) in [5.74, 6) is -1.60. The third kappa shape index (κ3) is 4.43. The molecule has 0 spiro atoms. The first-order chi connectivity index (χ1) is 11.3. The molecule has 0 bridgehead atoms. The molecule has 1 aromatic heterocycles. The van der Waals surface area contributed by atoms with Crippen LogP contribution in [0.1, 0.15) is 35.0 Å². The monoisotopic (exact) mass is 340 g/mol. The van der Waals surface area contributed by atoms with E-state index in [0.717, 1.165) is 11.8 Å². The van der Waals surface area contributed by atoms with E-state index < -0.39 is 24.5 Å². The van der Waals surface area contributed by atoms with Gasteiger partial charge in [0, 0.05) is 18.2 Å². The number of carbonyl (C=O) groups is 2. The fraction of sp³-hybridized carbons (Fsp3) is 0.312. The molecule has 2 aromatic rings. The number of carbonyl (C=O) groups excluding carboxylic acids is 2. The number of rotatable bonds is 6. The third-order valence-electron chi connectivity index (χ3n) is 3.16. The van der Waals surface area contributed by atoms with E-state index in [1.54, 1.807) is 37.3 Å². The molecule has 0 amide bonds. The summed E-state index contributed by atoms with van der Waals surface area (Å²) in [6, 6.07) is 8.71. The summed E-state index contributed by atoms with van der Waals surface area (Å²) >= 11 is 0. The first-order valence-corrected chi connectivity index (χ1v) is 7.19. The van der Waals surface area contributed by atoms with Gasteiger partial charge in [-0.05, 0) is 12.5 Å². The first-order valence-electron chi connectivity index (χ1n) is 7.19. The van der Waals surface area contributed by atoms with Gasteiger partial charge in [0.25, 0.3) is 0 Å². The molecule has 0 atom stereocenters. The van der Waals surface area contributed by atoms with Crippen molar-refractivity contribution in [1.29, 1.82) is 0 Å². The minimum absolute atomic E-state index is 0.0833. The van der Waals surface area contributed by atoms with Crippen LogP contribution in [0.2, 0.25) is 0 Å². The number of Topliss-reactive ketones (excluding diaryl/α,β-unsaturated/α-hetero) is 1. The molecule has 0 radical (unpaired) electrons. The molecule has 5 nitrogen and oxygen atoms in total. The number of aromatic nitrogens is 2. The molecule has 1 aromatic carbocycles. The van der Waals surface area contributed by atoms with Gasteiger partial charge in [0.05, 0.1) is 6.61 Å². The van der Waals surface area contributed by atoms with Gasteiger partial charge in [0.2, 0.25) is 0 Å². The number of hydrogen-bond donors (Lipinski definition) is 0. The van der Waals surface area contributed by atoms with Crippen molar-refractivity contribution in [2.45, 2.75) is 26.1 Å². The first kappa shape index (κ1) is 17.7. The average molecular weight is 340 g/mol. The zero-order valence-electron chi connectivity index (χ0n) is 12.8. The summed E-state index contributed by atoms with van der Waals surface area (Å²) in [5, 5.41) is 3.33. The fourth-order valence-electron chi connectivity index (χ4n) is 2.15. The van der Waals surface area contributed by atoms with Gasteiger partial charge in [-0.15, -0.1) is 13.2 Å². The van der Waals surface area contributed by atoms with Crippen LogP contribution in [-0.4, -0.2) is 28.1 Å². The van der Waals surface area contributed by atoms with Crippen LogP contribution in [0.5, 0.6) is 0 Å². The number of esters is 1. The molecule has 24 heavy (non-hydrogen) atoms. The molecule has 1 heterocycles. The highest BCUT2D eigenvalue weighted by molar-refractivity contribution is 6.05. The molecule has 0 saturated heterocycles. The lowest BCUT2D eigenvalue weighted by atomic mass is 10.0. The molecule has 0 aliphatic heterocycles. The summed E-state index contributed by atoms with van der Waals surface area (Å²) in [6.07, 6.45) is -4.52. The molecule has 0 fully saturated rings. The van der Waals surface area contributed by atoms with E-state index in [1.165, 1.54) is 0 Å². The van der Waals surface area contributed by atoms with Crippen molar-refractivity contribution < 1.29 is 27.5 Å². The standard InChI is InChI=1S/C16H15F3N2O3/c1-2-24-14(23)9-13(22)15-12(8-11-6-4-3-5-7-11)10-21(20-15)16(17,18)19/h3-7,10H,2,8-9H2,1H3. The molecule has 0 N–H and O–H groups in total. The molecule has 0 aliphatic carbocycles. The number of ether oxygens (including phenoxy) is 1. The summed E-state index contributed by atoms with van der Waals surface area (Å²) in [7, 11) is 0. The number of hydrogen-bond acceptors (Lipinski definition) is 4. The van der Waals surface area contributed by atoms with Crippen molar-refractivity contribution >= 4 is 11.8 Å². The maximum Gasteiger partial charge on any atom is 0.504 e. The zero-order valence-corrected chi connectivity index (χ0v) is 12.8. The highest BCUT2D eigenvalue weighted by Gasteiger charge is 2.34. The Hall–Kier alpha value is -2.64. The number of ketones is 1. The third-order valence-corrected chi connectivity index (χ3v) is 3.16. The largest absolute Gasteiger partial charge is 0.504 e. The van der Waals surface area contributed by atoms with Gasteiger partial charge in [-0.25, -0.2) is 0 Å². The summed E-state index contributed by atoms with van der Waals surface area (Å²) < 4.78 is 43.0. The van der Waals surface area contributed by atoms with Crippen LogP contribution in [0.4, 0.5) is 13.2 Å². The number of benzene rings is 1. The molecular weight excluding hydrogens is 325 g/mol. The Morgan fingerprint density at radius 2 is 1.88 bits per heavy atom. The summed E-state index contributed by atoms with van der Waals surface area (Å²) in [5.41, 5.74) is 0.460. The summed E-state index contributed by atoms with van der Waals surface area (Å²) in [4.78, 5) is 23.5. The van der Waals surface area contributed by atoms with E-state index in [-0.39, 0.29) is 29.0 Å². The Morgan fingerprint density at radius 3 is 2.46 bits per heavy atom. The minimum atomic E-state index is -4.74. The molecule has 8 heteroatoms. The minimum Gasteiger partial charge on any atom is -0.466 e.